The highest BCUT2D eigenvalue weighted by atomic mass is 19.2. The quantitative estimate of drug-likeness (QED) is 0.726. The molecule has 7 heteroatoms. The fourth-order valence-electron chi connectivity index (χ4n) is 2.46. The number of anilines is 2. The van der Waals surface area contributed by atoms with Gasteiger partial charge in [0.05, 0.1) is 11.2 Å². The van der Waals surface area contributed by atoms with Gasteiger partial charge in [0.15, 0.2) is 11.6 Å². The van der Waals surface area contributed by atoms with Crippen molar-refractivity contribution in [3.63, 3.8) is 0 Å². The molecule has 0 radical (unpaired) electrons. The van der Waals surface area contributed by atoms with Crippen molar-refractivity contribution in [3.8, 4) is 6.07 Å². The number of rotatable bonds is 2. The molecule has 3 aromatic rings. The van der Waals surface area contributed by atoms with Crippen molar-refractivity contribution in [2.24, 2.45) is 7.05 Å². The van der Waals surface area contributed by atoms with E-state index in [-0.39, 0.29) is 11.3 Å². The maximum Gasteiger partial charge on any atom is 0.252 e. The smallest absolute Gasteiger partial charge is 0.252 e. The van der Waals surface area contributed by atoms with E-state index in [2.05, 4.69) is 4.98 Å². The first-order valence-corrected chi connectivity index (χ1v) is 7.02. The molecule has 2 aromatic heterocycles. The van der Waals surface area contributed by atoms with Crippen molar-refractivity contribution < 1.29 is 8.78 Å². The lowest BCUT2D eigenvalue weighted by atomic mass is 10.2. The second-order valence-corrected chi connectivity index (χ2v) is 5.26. The molecule has 0 atom stereocenters. The van der Waals surface area contributed by atoms with E-state index in [9.17, 15) is 13.6 Å². The Morgan fingerprint density at radius 2 is 1.92 bits per heavy atom. The maximum atomic E-state index is 13.5. The first-order chi connectivity index (χ1) is 11.4. The van der Waals surface area contributed by atoms with E-state index in [0.29, 0.717) is 22.4 Å². The Bertz CT molecular complexity index is 1050. The zero-order chi connectivity index (χ0) is 17.4. The van der Waals surface area contributed by atoms with E-state index in [1.54, 1.807) is 20.2 Å². The minimum Gasteiger partial charge on any atom is -0.343 e. The summed E-state index contributed by atoms with van der Waals surface area (Å²) in [4.78, 5) is 18.0. The summed E-state index contributed by atoms with van der Waals surface area (Å²) < 4.78 is 28.1. The Labute approximate surface area is 136 Å². The van der Waals surface area contributed by atoms with Crippen LogP contribution in [0, 0.1) is 23.0 Å². The average Bonchev–Trinajstić information content (AvgIpc) is 2.59. The highest BCUT2D eigenvalue weighted by molar-refractivity contribution is 5.90. The van der Waals surface area contributed by atoms with Crippen LogP contribution in [0.5, 0.6) is 0 Å². The van der Waals surface area contributed by atoms with Crippen LogP contribution in [0.25, 0.3) is 11.0 Å². The molecule has 0 N–H and O–H groups in total. The van der Waals surface area contributed by atoms with Crippen LogP contribution in [0.3, 0.4) is 0 Å². The molecule has 0 unspecified atom stereocenters. The Balaban J connectivity index is 2.28. The second kappa shape index (κ2) is 5.74. The number of fused-ring (bicyclic) bond motifs is 1. The molecule has 0 aliphatic heterocycles. The molecule has 0 bridgehead atoms. The van der Waals surface area contributed by atoms with Crippen molar-refractivity contribution >= 4 is 22.4 Å². The molecular weight excluding hydrogens is 314 g/mol. The summed E-state index contributed by atoms with van der Waals surface area (Å²) in [6, 6.07) is 9.89. The van der Waals surface area contributed by atoms with Gasteiger partial charge in [-0.05, 0) is 24.3 Å². The third kappa shape index (κ3) is 2.48. The normalized spacial score (nSPS) is 10.6. The fourth-order valence-corrected chi connectivity index (χ4v) is 2.46. The summed E-state index contributed by atoms with van der Waals surface area (Å²) in [5.41, 5.74) is 1.62. The van der Waals surface area contributed by atoms with Gasteiger partial charge in [-0.2, -0.15) is 5.26 Å². The van der Waals surface area contributed by atoms with Crippen molar-refractivity contribution in [1.29, 1.82) is 5.26 Å². The predicted octanol–water partition coefficient (Wildman–Crippen LogP) is 2.85. The molecule has 0 spiro atoms. The Morgan fingerprint density at radius 1 is 1.17 bits per heavy atom. The lowest BCUT2D eigenvalue weighted by Gasteiger charge is -2.21. The minimum atomic E-state index is -0.988. The molecule has 2 heterocycles. The second-order valence-electron chi connectivity index (χ2n) is 5.26. The molecule has 0 saturated heterocycles. The van der Waals surface area contributed by atoms with Gasteiger partial charge in [-0.25, -0.2) is 13.8 Å². The average molecular weight is 326 g/mol. The number of aromatic nitrogens is 2. The first-order valence-electron chi connectivity index (χ1n) is 7.02. The van der Waals surface area contributed by atoms with Crippen LogP contribution < -0.4 is 10.5 Å². The Morgan fingerprint density at radius 3 is 2.58 bits per heavy atom. The number of hydrogen-bond acceptors (Lipinski definition) is 4. The van der Waals surface area contributed by atoms with E-state index >= 15 is 0 Å². The van der Waals surface area contributed by atoms with E-state index in [1.807, 2.05) is 6.07 Å². The van der Waals surface area contributed by atoms with Gasteiger partial charge in [0.1, 0.15) is 17.3 Å². The third-order valence-electron chi connectivity index (χ3n) is 3.84. The summed E-state index contributed by atoms with van der Waals surface area (Å²) >= 11 is 0. The molecule has 5 nitrogen and oxygen atoms in total. The molecule has 120 valence electrons. The van der Waals surface area contributed by atoms with Gasteiger partial charge in [0, 0.05) is 31.9 Å². The van der Waals surface area contributed by atoms with Crippen LogP contribution in [0.4, 0.5) is 20.2 Å². The van der Waals surface area contributed by atoms with E-state index in [4.69, 9.17) is 5.26 Å². The third-order valence-corrected chi connectivity index (χ3v) is 3.84. The van der Waals surface area contributed by atoms with Crippen LogP contribution in [0.15, 0.2) is 41.2 Å². The van der Waals surface area contributed by atoms with Gasteiger partial charge in [-0.1, -0.05) is 0 Å². The van der Waals surface area contributed by atoms with Crippen molar-refractivity contribution in [1.82, 2.24) is 9.55 Å². The molecule has 24 heavy (non-hydrogen) atoms. The number of nitrogens with zero attached hydrogens (tertiary/aromatic N) is 4. The van der Waals surface area contributed by atoms with Gasteiger partial charge in [-0.15, -0.1) is 0 Å². The first kappa shape index (κ1) is 15.6. The van der Waals surface area contributed by atoms with Crippen LogP contribution in [-0.2, 0) is 7.05 Å². The van der Waals surface area contributed by atoms with Crippen molar-refractivity contribution in [3.05, 3.63) is 64.1 Å². The van der Waals surface area contributed by atoms with Crippen LogP contribution in [0.1, 0.15) is 5.69 Å². The van der Waals surface area contributed by atoms with Crippen LogP contribution in [0.2, 0.25) is 0 Å². The van der Waals surface area contributed by atoms with Crippen LogP contribution in [-0.4, -0.2) is 16.6 Å². The lowest BCUT2D eigenvalue weighted by molar-refractivity contribution is 0.509. The fraction of sp³-hybridized carbons (Fsp3) is 0.118. The summed E-state index contributed by atoms with van der Waals surface area (Å²) in [6.45, 7) is 0. The molecule has 0 saturated carbocycles. The lowest BCUT2D eigenvalue weighted by Crippen LogP contribution is -2.21. The molecular formula is C17H12F2N4O. The molecule has 3 rings (SSSR count). The number of aryl methyl sites for hydroxylation is 1. The maximum absolute atomic E-state index is 13.5. The summed E-state index contributed by atoms with van der Waals surface area (Å²) in [5.74, 6) is -1.94. The van der Waals surface area contributed by atoms with Crippen molar-refractivity contribution in [2.45, 2.75) is 0 Å². The van der Waals surface area contributed by atoms with Crippen LogP contribution >= 0.6 is 0 Å². The molecule has 0 fully saturated rings. The number of hydrogen-bond donors (Lipinski definition) is 0. The predicted molar refractivity (Wildman–Crippen MR) is 86.1 cm³/mol. The summed E-state index contributed by atoms with van der Waals surface area (Å²) in [6.07, 6.45) is 0. The van der Waals surface area contributed by atoms with Gasteiger partial charge in [-0.3, -0.25) is 4.79 Å². The SMILES string of the molecule is CN(c1ccc(F)c(F)c1)c1cc(=O)n(C)c2ccc(C#N)nc12. The van der Waals surface area contributed by atoms with E-state index in [1.165, 1.54) is 27.7 Å². The molecule has 0 amide bonds. The van der Waals surface area contributed by atoms with Crippen molar-refractivity contribution in [2.75, 3.05) is 11.9 Å². The van der Waals surface area contributed by atoms with E-state index in [0.717, 1.165) is 12.1 Å². The van der Waals surface area contributed by atoms with Gasteiger partial charge in [0.25, 0.3) is 5.56 Å². The highest BCUT2D eigenvalue weighted by Crippen LogP contribution is 2.29. The summed E-state index contributed by atoms with van der Waals surface area (Å²) in [7, 11) is 3.21. The zero-order valence-electron chi connectivity index (χ0n) is 12.9. The highest BCUT2D eigenvalue weighted by Gasteiger charge is 2.15. The molecule has 0 aliphatic carbocycles. The van der Waals surface area contributed by atoms with Gasteiger partial charge < -0.3 is 9.47 Å². The molecule has 0 aliphatic rings. The monoisotopic (exact) mass is 326 g/mol. The summed E-state index contributed by atoms with van der Waals surface area (Å²) in [5, 5.41) is 9.05. The number of nitriles is 1. The Kier molecular flexibility index (Phi) is 3.73. The number of pyridine rings is 2. The Hall–Kier alpha value is -3.27. The minimum absolute atomic E-state index is 0.195. The van der Waals surface area contributed by atoms with E-state index < -0.39 is 11.6 Å². The largest absolute Gasteiger partial charge is 0.343 e. The topological polar surface area (TPSA) is 61.9 Å². The number of benzene rings is 1. The standard InChI is InChI=1S/C17H12F2N4O/c1-22(11-4-5-12(18)13(19)7-11)15-8-16(24)23(2)14-6-3-10(9-20)21-17(14)15/h3-8H,1-2H3. The molecule has 1 aromatic carbocycles. The van der Waals surface area contributed by atoms with Gasteiger partial charge >= 0.3 is 0 Å². The van der Waals surface area contributed by atoms with Gasteiger partial charge in [0.2, 0.25) is 0 Å². The number of halogens is 2. The zero-order valence-corrected chi connectivity index (χ0v) is 12.9.